The molecular weight excluding hydrogens is 504 g/mol. The molecule has 0 amide bonds. The first kappa shape index (κ1) is 23.2. The molecule has 5 nitrogen and oxygen atoms in total. The first-order valence-electron chi connectivity index (χ1n) is 13.5. The SMILES string of the molecule is c1ccc(-c2nc(-c3cccc(-c4cnc5ccccc5c4)c3)nc(-c3cccc4c3oc3ccccc34)n2)cc1. The van der Waals surface area contributed by atoms with E-state index in [9.17, 15) is 0 Å². The van der Waals surface area contributed by atoms with E-state index in [0.29, 0.717) is 17.5 Å². The largest absolute Gasteiger partial charge is 0.455 e. The van der Waals surface area contributed by atoms with Gasteiger partial charge in [-0.2, -0.15) is 0 Å². The molecule has 3 aromatic heterocycles. The highest BCUT2D eigenvalue weighted by molar-refractivity contribution is 6.09. The van der Waals surface area contributed by atoms with Gasteiger partial charge < -0.3 is 4.42 Å². The highest BCUT2D eigenvalue weighted by atomic mass is 16.3. The molecule has 0 bridgehead atoms. The zero-order valence-corrected chi connectivity index (χ0v) is 21.9. The van der Waals surface area contributed by atoms with Gasteiger partial charge in [0.15, 0.2) is 17.5 Å². The van der Waals surface area contributed by atoms with Crippen molar-refractivity contribution in [1.82, 2.24) is 19.9 Å². The molecule has 0 fully saturated rings. The average molecular weight is 527 g/mol. The molecule has 5 aromatic carbocycles. The number of aromatic nitrogens is 4. The summed E-state index contributed by atoms with van der Waals surface area (Å²) in [6, 6.07) is 42.8. The fourth-order valence-electron chi connectivity index (χ4n) is 5.33. The molecule has 0 atom stereocenters. The van der Waals surface area contributed by atoms with E-state index in [4.69, 9.17) is 19.4 Å². The summed E-state index contributed by atoms with van der Waals surface area (Å²) in [6.07, 6.45) is 1.91. The summed E-state index contributed by atoms with van der Waals surface area (Å²) in [7, 11) is 0. The number of hydrogen-bond donors (Lipinski definition) is 0. The van der Waals surface area contributed by atoms with Crippen LogP contribution in [0.1, 0.15) is 0 Å². The number of hydrogen-bond acceptors (Lipinski definition) is 5. The highest BCUT2D eigenvalue weighted by Gasteiger charge is 2.17. The molecular formula is C36H22N4O. The molecule has 3 heterocycles. The Labute approximate surface area is 235 Å². The number of furan rings is 1. The molecule has 0 spiro atoms. The van der Waals surface area contributed by atoms with Gasteiger partial charge in [-0.05, 0) is 35.9 Å². The third-order valence-electron chi connectivity index (χ3n) is 7.36. The molecule has 192 valence electrons. The van der Waals surface area contributed by atoms with E-state index in [0.717, 1.165) is 60.7 Å². The second kappa shape index (κ2) is 9.50. The van der Waals surface area contributed by atoms with Crippen LogP contribution in [0, 0.1) is 0 Å². The summed E-state index contributed by atoms with van der Waals surface area (Å²) in [6.45, 7) is 0. The van der Waals surface area contributed by atoms with Crippen LogP contribution in [0.25, 0.3) is 78.1 Å². The van der Waals surface area contributed by atoms with Crippen LogP contribution in [0.5, 0.6) is 0 Å². The van der Waals surface area contributed by atoms with Gasteiger partial charge in [-0.1, -0.05) is 97.1 Å². The standard InChI is InChI=1S/C36H22N4O/c1-2-10-23(11-3-1)34-38-35(26-14-8-13-24(20-26)27-21-25-12-4-6-18-31(25)37-22-27)40-36(39-34)30-17-9-16-29-28-15-5-7-19-32(28)41-33(29)30/h1-22H. The molecule has 0 radical (unpaired) electrons. The first-order chi connectivity index (χ1) is 20.3. The van der Waals surface area contributed by atoms with Gasteiger partial charge in [0.25, 0.3) is 0 Å². The van der Waals surface area contributed by atoms with E-state index in [1.54, 1.807) is 0 Å². The van der Waals surface area contributed by atoms with E-state index < -0.39 is 0 Å². The quantitative estimate of drug-likeness (QED) is 0.229. The van der Waals surface area contributed by atoms with Gasteiger partial charge in [-0.25, -0.2) is 15.0 Å². The van der Waals surface area contributed by atoms with Crippen molar-refractivity contribution < 1.29 is 4.42 Å². The molecule has 5 heteroatoms. The van der Waals surface area contributed by atoms with E-state index in [-0.39, 0.29) is 0 Å². The minimum Gasteiger partial charge on any atom is -0.455 e. The molecule has 0 aliphatic rings. The van der Waals surface area contributed by atoms with Crippen LogP contribution in [0.4, 0.5) is 0 Å². The zero-order chi connectivity index (χ0) is 27.2. The van der Waals surface area contributed by atoms with Gasteiger partial charge in [0.2, 0.25) is 0 Å². The third-order valence-corrected chi connectivity index (χ3v) is 7.36. The second-order valence-corrected chi connectivity index (χ2v) is 9.95. The molecule has 0 aliphatic carbocycles. The maximum Gasteiger partial charge on any atom is 0.167 e. The van der Waals surface area contributed by atoms with E-state index in [1.165, 1.54) is 0 Å². The monoisotopic (exact) mass is 526 g/mol. The minimum atomic E-state index is 0.566. The van der Waals surface area contributed by atoms with Gasteiger partial charge in [0.05, 0.1) is 11.1 Å². The van der Waals surface area contributed by atoms with Crippen molar-refractivity contribution in [1.29, 1.82) is 0 Å². The van der Waals surface area contributed by atoms with Crippen LogP contribution in [0.3, 0.4) is 0 Å². The summed E-state index contributed by atoms with van der Waals surface area (Å²) >= 11 is 0. The number of rotatable bonds is 4. The number of nitrogens with zero attached hydrogens (tertiary/aromatic N) is 4. The van der Waals surface area contributed by atoms with Crippen molar-refractivity contribution in [3.05, 3.63) is 134 Å². The average Bonchev–Trinajstić information content (AvgIpc) is 3.44. The van der Waals surface area contributed by atoms with Gasteiger partial charge in [-0.3, -0.25) is 4.98 Å². The smallest absolute Gasteiger partial charge is 0.167 e. The van der Waals surface area contributed by atoms with Gasteiger partial charge in [0, 0.05) is 39.0 Å². The predicted octanol–water partition coefficient (Wildman–Crippen LogP) is 8.99. The van der Waals surface area contributed by atoms with Crippen LogP contribution in [0.15, 0.2) is 138 Å². The molecule has 8 rings (SSSR count). The Bertz CT molecular complexity index is 2220. The van der Waals surface area contributed by atoms with Gasteiger partial charge in [-0.15, -0.1) is 0 Å². The normalized spacial score (nSPS) is 11.4. The lowest BCUT2D eigenvalue weighted by atomic mass is 10.0. The highest BCUT2D eigenvalue weighted by Crippen LogP contribution is 2.36. The van der Waals surface area contributed by atoms with E-state index >= 15 is 0 Å². The topological polar surface area (TPSA) is 64.7 Å². The first-order valence-corrected chi connectivity index (χ1v) is 13.5. The fourth-order valence-corrected chi connectivity index (χ4v) is 5.33. The molecule has 8 aromatic rings. The number of pyridine rings is 1. The van der Waals surface area contributed by atoms with Gasteiger partial charge >= 0.3 is 0 Å². The number of fused-ring (bicyclic) bond motifs is 4. The Kier molecular flexibility index (Phi) is 5.38. The summed E-state index contributed by atoms with van der Waals surface area (Å²) in [5, 5.41) is 3.20. The second-order valence-electron chi connectivity index (χ2n) is 9.95. The summed E-state index contributed by atoms with van der Waals surface area (Å²) in [5.74, 6) is 1.77. The Hall–Kier alpha value is -5.68. The Morgan fingerprint density at radius 1 is 0.463 bits per heavy atom. The zero-order valence-electron chi connectivity index (χ0n) is 21.9. The van der Waals surface area contributed by atoms with E-state index in [2.05, 4.69) is 41.4 Å². The Balaban J connectivity index is 1.32. The number of benzene rings is 5. The van der Waals surface area contributed by atoms with Crippen LogP contribution in [-0.2, 0) is 0 Å². The lowest BCUT2D eigenvalue weighted by Gasteiger charge is -2.10. The summed E-state index contributed by atoms with van der Waals surface area (Å²) in [5.41, 5.74) is 7.30. The maximum absolute atomic E-state index is 6.33. The lowest BCUT2D eigenvalue weighted by molar-refractivity contribution is 0.669. The van der Waals surface area contributed by atoms with Crippen LogP contribution in [0.2, 0.25) is 0 Å². The predicted molar refractivity (Wildman–Crippen MR) is 164 cm³/mol. The van der Waals surface area contributed by atoms with Crippen LogP contribution in [-0.4, -0.2) is 19.9 Å². The third kappa shape index (κ3) is 4.12. The van der Waals surface area contributed by atoms with Crippen molar-refractivity contribution in [2.24, 2.45) is 0 Å². The van der Waals surface area contributed by atoms with Gasteiger partial charge in [0.1, 0.15) is 11.2 Å². The minimum absolute atomic E-state index is 0.566. The van der Waals surface area contributed by atoms with Crippen molar-refractivity contribution in [2.75, 3.05) is 0 Å². The lowest BCUT2D eigenvalue weighted by Crippen LogP contribution is -2.00. The number of para-hydroxylation sites is 3. The molecule has 0 N–H and O–H groups in total. The van der Waals surface area contributed by atoms with Crippen molar-refractivity contribution in [3.8, 4) is 45.3 Å². The molecule has 0 aliphatic heterocycles. The van der Waals surface area contributed by atoms with Crippen molar-refractivity contribution >= 4 is 32.8 Å². The Morgan fingerprint density at radius 3 is 2.07 bits per heavy atom. The van der Waals surface area contributed by atoms with E-state index in [1.807, 2.05) is 97.2 Å². The van der Waals surface area contributed by atoms with Crippen molar-refractivity contribution in [2.45, 2.75) is 0 Å². The van der Waals surface area contributed by atoms with Crippen molar-refractivity contribution in [3.63, 3.8) is 0 Å². The molecule has 0 saturated carbocycles. The molecule has 0 saturated heterocycles. The molecule has 41 heavy (non-hydrogen) atoms. The summed E-state index contributed by atoms with van der Waals surface area (Å²) in [4.78, 5) is 19.6. The maximum atomic E-state index is 6.33. The summed E-state index contributed by atoms with van der Waals surface area (Å²) < 4.78 is 6.33. The van der Waals surface area contributed by atoms with Crippen LogP contribution >= 0.6 is 0 Å². The van der Waals surface area contributed by atoms with Crippen LogP contribution < -0.4 is 0 Å². The fraction of sp³-hybridized carbons (Fsp3) is 0. The Morgan fingerprint density at radius 2 is 1.15 bits per heavy atom. The molecule has 0 unspecified atom stereocenters.